The second-order valence-corrected chi connectivity index (χ2v) is 11.0. The first-order chi connectivity index (χ1) is 15.4. The van der Waals surface area contributed by atoms with Crippen molar-refractivity contribution in [3.63, 3.8) is 0 Å². The lowest BCUT2D eigenvalue weighted by atomic mass is 9.75. The number of rotatable bonds is 6. The fourth-order valence-corrected chi connectivity index (χ4v) is 5.87. The molecule has 2 aromatic carbocycles. The van der Waals surface area contributed by atoms with Gasteiger partial charge in [-0.3, -0.25) is 4.79 Å². The normalized spacial score (nSPS) is 20.1. The van der Waals surface area contributed by atoms with E-state index in [0.717, 1.165) is 29.8 Å². The van der Waals surface area contributed by atoms with Crippen molar-refractivity contribution in [1.29, 1.82) is 0 Å². The average molecular weight is 447 g/mol. The minimum Gasteiger partial charge on any atom is -0.272 e. The molecule has 0 spiro atoms. The zero-order valence-corrected chi connectivity index (χ0v) is 20.6. The van der Waals surface area contributed by atoms with Gasteiger partial charge in [0, 0.05) is 33.1 Å². The van der Waals surface area contributed by atoms with Gasteiger partial charge in [0.1, 0.15) is 0 Å². The Morgan fingerprint density at radius 1 is 0.969 bits per heavy atom. The molecule has 4 heteroatoms. The Bertz CT molecular complexity index is 1060. The van der Waals surface area contributed by atoms with Crippen LogP contribution in [0, 0.1) is 11.8 Å². The number of fused-ring (bicyclic) bond motifs is 1. The van der Waals surface area contributed by atoms with E-state index in [1.807, 2.05) is 43.3 Å². The van der Waals surface area contributed by atoms with Crippen molar-refractivity contribution in [1.82, 2.24) is 9.78 Å². The molecule has 0 bridgehead atoms. The minimum atomic E-state index is -0.156. The Balaban J connectivity index is 1.76. The molecule has 4 atom stereocenters. The standard InChI is InChI=1S/C28H34N2OS/c1-18(2)24-17-16-19(3)25-26(24)29-30(27(25)22-12-8-6-9-13-22)28(31)20(4)21(5)32-23-14-10-7-11-15-23/h6-15,18-21,24H,16-17H2,1-5H3/t19-,20-,21+,24-/m0/s1. The van der Waals surface area contributed by atoms with Crippen LogP contribution in [0.5, 0.6) is 0 Å². The van der Waals surface area contributed by atoms with Gasteiger partial charge < -0.3 is 0 Å². The van der Waals surface area contributed by atoms with E-state index in [2.05, 4.69) is 52.0 Å². The van der Waals surface area contributed by atoms with Gasteiger partial charge in [-0.1, -0.05) is 83.1 Å². The van der Waals surface area contributed by atoms with Gasteiger partial charge in [0.25, 0.3) is 5.91 Å². The van der Waals surface area contributed by atoms with Crippen LogP contribution < -0.4 is 0 Å². The van der Waals surface area contributed by atoms with E-state index in [1.54, 1.807) is 16.4 Å². The van der Waals surface area contributed by atoms with E-state index in [0.29, 0.717) is 17.8 Å². The third-order valence-corrected chi connectivity index (χ3v) is 8.25. The van der Waals surface area contributed by atoms with Crippen LogP contribution in [-0.4, -0.2) is 20.9 Å². The molecule has 0 N–H and O–H groups in total. The van der Waals surface area contributed by atoms with Crippen LogP contribution >= 0.6 is 11.8 Å². The second kappa shape index (κ2) is 9.66. The molecule has 0 unspecified atom stereocenters. The van der Waals surface area contributed by atoms with Crippen molar-refractivity contribution in [3.8, 4) is 11.3 Å². The van der Waals surface area contributed by atoms with Crippen LogP contribution in [0.15, 0.2) is 65.6 Å². The second-order valence-electron chi connectivity index (χ2n) is 9.52. The average Bonchev–Trinajstić information content (AvgIpc) is 3.20. The van der Waals surface area contributed by atoms with Crippen molar-refractivity contribution in [2.75, 3.05) is 0 Å². The largest absolute Gasteiger partial charge is 0.272 e. The van der Waals surface area contributed by atoms with Gasteiger partial charge in [0.2, 0.25) is 0 Å². The van der Waals surface area contributed by atoms with E-state index in [9.17, 15) is 4.79 Å². The van der Waals surface area contributed by atoms with Crippen LogP contribution in [0.4, 0.5) is 0 Å². The first kappa shape index (κ1) is 22.8. The highest BCUT2D eigenvalue weighted by molar-refractivity contribution is 8.00. The van der Waals surface area contributed by atoms with Crippen molar-refractivity contribution >= 4 is 17.7 Å². The fraction of sp³-hybridized carbons (Fsp3) is 0.429. The first-order valence-electron chi connectivity index (χ1n) is 11.8. The number of aromatic nitrogens is 2. The van der Waals surface area contributed by atoms with E-state index < -0.39 is 0 Å². The summed E-state index contributed by atoms with van der Waals surface area (Å²) in [6.07, 6.45) is 2.28. The summed E-state index contributed by atoms with van der Waals surface area (Å²) >= 11 is 1.76. The summed E-state index contributed by atoms with van der Waals surface area (Å²) in [4.78, 5) is 15.0. The summed E-state index contributed by atoms with van der Waals surface area (Å²) in [5.41, 5.74) is 4.51. The van der Waals surface area contributed by atoms with Crippen LogP contribution in [0.1, 0.15) is 75.3 Å². The molecular formula is C28H34N2OS. The molecule has 1 heterocycles. The lowest BCUT2D eigenvalue weighted by Gasteiger charge is -2.28. The Labute approximate surface area is 196 Å². The number of hydrogen-bond acceptors (Lipinski definition) is 3. The molecule has 0 saturated carbocycles. The zero-order valence-electron chi connectivity index (χ0n) is 19.8. The Morgan fingerprint density at radius 2 is 1.59 bits per heavy atom. The molecule has 1 aliphatic carbocycles. The lowest BCUT2D eigenvalue weighted by Crippen LogP contribution is -2.28. The fourth-order valence-electron chi connectivity index (χ4n) is 4.81. The minimum absolute atomic E-state index is 0.0869. The van der Waals surface area contributed by atoms with Gasteiger partial charge in [0.05, 0.1) is 11.4 Å². The van der Waals surface area contributed by atoms with Crippen LogP contribution in [0.3, 0.4) is 0 Å². The van der Waals surface area contributed by atoms with Gasteiger partial charge in [-0.25, -0.2) is 0 Å². The molecule has 0 radical (unpaired) electrons. The van der Waals surface area contributed by atoms with E-state index in [1.165, 1.54) is 10.5 Å². The number of benzene rings is 2. The summed E-state index contributed by atoms with van der Waals surface area (Å²) in [7, 11) is 0. The van der Waals surface area contributed by atoms with Gasteiger partial charge >= 0.3 is 0 Å². The van der Waals surface area contributed by atoms with Gasteiger partial charge in [-0.05, 0) is 36.8 Å². The smallest absolute Gasteiger partial charge is 0.251 e. The zero-order chi connectivity index (χ0) is 22.8. The van der Waals surface area contributed by atoms with Crippen LogP contribution in [-0.2, 0) is 0 Å². The topological polar surface area (TPSA) is 34.9 Å². The number of carbonyl (C=O) groups excluding carboxylic acids is 1. The maximum atomic E-state index is 13.9. The van der Waals surface area contributed by atoms with E-state index in [-0.39, 0.29) is 17.1 Å². The molecular weight excluding hydrogens is 412 g/mol. The van der Waals surface area contributed by atoms with Crippen molar-refractivity contribution < 1.29 is 4.79 Å². The summed E-state index contributed by atoms with van der Waals surface area (Å²) in [6.45, 7) is 11.0. The predicted octanol–water partition coefficient (Wildman–Crippen LogP) is 7.64. The SMILES string of the molecule is CC(C)[C@@H]1CC[C@H](C)c2c1nn(C(=O)[C@@H](C)[C@@H](C)Sc1ccccc1)c2-c1ccccc1. The van der Waals surface area contributed by atoms with Crippen molar-refractivity contribution in [2.45, 2.75) is 69.4 Å². The maximum Gasteiger partial charge on any atom is 0.251 e. The number of nitrogens with zero attached hydrogens (tertiary/aromatic N) is 2. The summed E-state index contributed by atoms with van der Waals surface area (Å²) in [5, 5.41) is 5.19. The molecule has 1 aliphatic rings. The highest BCUT2D eigenvalue weighted by Crippen LogP contribution is 2.46. The number of thioether (sulfide) groups is 1. The lowest BCUT2D eigenvalue weighted by molar-refractivity contribution is 0.0830. The first-order valence-corrected chi connectivity index (χ1v) is 12.7. The van der Waals surface area contributed by atoms with Crippen molar-refractivity contribution in [2.24, 2.45) is 11.8 Å². The molecule has 4 rings (SSSR count). The molecule has 0 fully saturated rings. The molecule has 32 heavy (non-hydrogen) atoms. The highest BCUT2D eigenvalue weighted by Gasteiger charge is 2.36. The van der Waals surface area contributed by atoms with Crippen LogP contribution in [0.2, 0.25) is 0 Å². The third-order valence-electron chi connectivity index (χ3n) is 6.92. The highest BCUT2D eigenvalue weighted by atomic mass is 32.2. The Kier molecular flexibility index (Phi) is 6.90. The molecule has 3 aromatic rings. The van der Waals surface area contributed by atoms with E-state index in [4.69, 9.17) is 5.10 Å². The van der Waals surface area contributed by atoms with Crippen molar-refractivity contribution in [3.05, 3.63) is 71.9 Å². The molecule has 168 valence electrons. The molecule has 3 nitrogen and oxygen atoms in total. The van der Waals surface area contributed by atoms with Crippen LogP contribution in [0.25, 0.3) is 11.3 Å². The molecule has 0 aliphatic heterocycles. The Hall–Kier alpha value is -2.33. The third kappa shape index (κ3) is 4.43. The molecule has 0 saturated heterocycles. The number of carbonyl (C=O) groups is 1. The number of hydrogen-bond donors (Lipinski definition) is 0. The van der Waals surface area contributed by atoms with Gasteiger partial charge in [0.15, 0.2) is 0 Å². The summed E-state index contributed by atoms with van der Waals surface area (Å²) in [5.74, 6) is 1.25. The maximum absolute atomic E-state index is 13.9. The molecule has 1 aromatic heterocycles. The van der Waals surface area contributed by atoms with Gasteiger partial charge in [-0.2, -0.15) is 9.78 Å². The quantitative estimate of drug-likeness (QED) is 0.365. The van der Waals surface area contributed by atoms with Gasteiger partial charge in [-0.15, -0.1) is 11.8 Å². The van der Waals surface area contributed by atoms with E-state index >= 15 is 0 Å². The Morgan fingerprint density at radius 3 is 2.22 bits per heavy atom. The summed E-state index contributed by atoms with van der Waals surface area (Å²) in [6, 6.07) is 20.7. The molecule has 0 amide bonds. The predicted molar refractivity (Wildman–Crippen MR) is 134 cm³/mol. The monoisotopic (exact) mass is 446 g/mol. The summed E-state index contributed by atoms with van der Waals surface area (Å²) < 4.78 is 1.75.